The highest BCUT2D eigenvalue weighted by Crippen LogP contribution is 2.36. The Morgan fingerprint density at radius 2 is 2.22 bits per heavy atom. The minimum atomic E-state index is -3.67. The summed E-state index contributed by atoms with van der Waals surface area (Å²) in [5.74, 6) is 0. The molecule has 23 heavy (non-hydrogen) atoms. The van der Waals surface area contributed by atoms with Gasteiger partial charge in [0.25, 0.3) is 10.0 Å². The monoisotopic (exact) mass is 352 g/mol. The number of hydrogen-bond acceptors (Lipinski definition) is 6. The van der Waals surface area contributed by atoms with Crippen molar-refractivity contribution in [3.63, 3.8) is 0 Å². The first kappa shape index (κ1) is 14.7. The van der Waals surface area contributed by atoms with Crippen LogP contribution in [0.5, 0.6) is 0 Å². The minimum absolute atomic E-state index is 0.193. The number of aromatic amines is 1. The summed E-state index contributed by atoms with van der Waals surface area (Å²) >= 11 is 1.40. The number of rotatable bonds is 3. The molecule has 1 fully saturated rings. The fourth-order valence-electron chi connectivity index (χ4n) is 3.07. The van der Waals surface area contributed by atoms with Crippen molar-refractivity contribution in [3.05, 3.63) is 29.7 Å². The van der Waals surface area contributed by atoms with Gasteiger partial charge >= 0.3 is 0 Å². The Balaban J connectivity index is 1.80. The fourth-order valence-corrected chi connectivity index (χ4v) is 5.56. The molecule has 1 aliphatic heterocycles. The molecule has 0 aliphatic carbocycles. The van der Waals surface area contributed by atoms with E-state index in [1.54, 1.807) is 10.6 Å². The molecule has 3 aromatic rings. The van der Waals surface area contributed by atoms with Crippen molar-refractivity contribution in [1.82, 2.24) is 23.9 Å². The normalized spacial score (nSPS) is 20.3. The van der Waals surface area contributed by atoms with Crippen LogP contribution in [0.25, 0.3) is 4.96 Å². The molecule has 1 aliphatic rings. The predicted octanol–water partition coefficient (Wildman–Crippen LogP) is 1.62. The SMILES string of the molecule is Nc1cn[nH]c1C1CCCCN1S(=O)(=O)c1cnc2sccn12. The number of hydrogen-bond donors (Lipinski definition) is 2. The fraction of sp³-hybridized carbons (Fsp3) is 0.385. The molecule has 0 bridgehead atoms. The first-order valence-corrected chi connectivity index (χ1v) is 9.62. The maximum atomic E-state index is 13.2. The van der Waals surface area contributed by atoms with Gasteiger partial charge in [-0.15, -0.1) is 11.3 Å². The Bertz CT molecular complexity index is 941. The van der Waals surface area contributed by atoms with Crippen molar-refractivity contribution >= 4 is 32.0 Å². The van der Waals surface area contributed by atoms with Gasteiger partial charge < -0.3 is 5.73 Å². The summed E-state index contributed by atoms with van der Waals surface area (Å²) in [5.41, 5.74) is 7.10. The summed E-state index contributed by atoms with van der Waals surface area (Å²) in [6.45, 7) is 0.461. The molecule has 3 aromatic heterocycles. The summed E-state index contributed by atoms with van der Waals surface area (Å²) < 4.78 is 29.5. The molecule has 3 N–H and O–H groups in total. The van der Waals surface area contributed by atoms with Gasteiger partial charge in [-0.2, -0.15) is 9.40 Å². The molecule has 0 amide bonds. The maximum absolute atomic E-state index is 13.2. The summed E-state index contributed by atoms with van der Waals surface area (Å²) in [4.78, 5) is 4.84. The molecule has 8 nitrogen and oxygen atoms in total. The zero-order valence-corrected chi connectivity index (χ0v) is 13.8. The van der Waals surface area contributed by atoms with Gasteiger partial charge in [0.15, 0.2) is 9.99 Å². The lowest BCUT2D eigenvalue weighted by molar-refractivity contribution is 0.251. The van der Waals surface area contributed by atoms with Crippen molar-refractivity contribution < 1.29 is 8.42 Å². The van der Waals surface area contributed by atoms with E-state index < -0.39 is 10.0 Å². The average Bonchev–Trinajstić information content (AvgIpc) is 3.22. The van der Waals surface area contributed by atoms with E-state index in [4.69, 9.17) is 5.73 Å². The van der Waals surface area contributed by atoms with E-state index in [-0.39, 0.29) is 11.1 Å². The van der Waals surface area contributed by atoms with E-state index in [0.717, 1.165) is 19.3 Å². The van der Waals surface area contributed by atoms with Crippen molar-refractivity contribution in [2.75, 3.05) is 12.3 Å². The van der Waals surface area contributed by atoms with Crippen molar-refractivity contribution in [1.29, 1.82) is 0 Å². The van der Waals surface area contributed by atoms with Gasteiger partial charge in [-0.1, -0.05) is 6.42 Å². The number of imidazole rings is 1. The van der Waals surface area contributed by atoms with Crippen LogP contribution in [0.15, 0.2) is 29.0 Å². The van der Waals surface area contributed by atoms with Gasteiger partial charge in [0.05, 0.1) is 29.8 Å². The topological polar surface area (TPSA) is 109 Å². The first-order valence-electron chi connectivity index (χ1n) is 7.30. The van der Waals surface area contributed by atoms with Gasteiger partial charge in [0, 0.05) is 18.1 Å². The molecule has 1 atom stereocenters. The van der Waals surface area contributed by atoms with Crippen LogP contribution < -0.4 is 5.73 Å². The van der Waals surface area contributed by atoms with Crippen molar-refractivity contribution in [2.45, 2.75) is 30.3 Å². The molecule has 0 radical (unpaired) electrons. The average molecular weight is 352 g/mol. The number of fused-ring (bicyclic) bond motifs is 1. The number of aromatic nitrogens is 4. The van der Waals surface area contributed by atoms with E-state index >= 15 is 0 Å². The number of nitrogens with one attached hydrogen (secondary N) is 1. The molecule has 4 heterocycles. The molecular weight excluding hydrogens is 336 g/mol. The molecule has 122 valence electrons. The number of thiazole rings is 1. The third-order valence-electron chi connectivity index (χ3n) is 4.17. The second kappa shape index (κ2) is 5.32. The molecule has 1 unspecified atom stereocenters. The highest BCUT2D eigenvalue weighted by Gasteiger charge is 2.37. The second-order valence-electron chi connectivity index (χ2n) is 5.52. The number of nitrogens with zero attached hydrogens (tertiary/aromatic N) is 4. The van der Waals surface area contributed by atoms with Gasteiger partial charge in [0.1, 0.15) is 0 Å². The van der Waals surface area contributed by atoms with Crippen LogP contribution in [0, 0.1) is 0 Å². The Labute approximate surface area is 137 Å². The summed E-state index contributed by atoms with van der Waals surface area (Å²) in [7, 11) is -3.67. The second-order valence-corrected chi connectivity index (χ2v) is 8.23. The van der Waals surface area contributed by atoms with E-state index in [2.05, 4.69) is 15.2 Å². The lowest BCUT2D eigenvalue weighted by Crippen LogP contribution is -2.39. The molecule has 0 saturated carbocycles. The number of piperidine rings is 1. The van der Waals surface area contributed by atoms with E-state index in [1.165, 1.54) is 28.0 Å². The zero-order valence-electron chi connectivity index (χ0n) is 12.2. The van der Waals surface area contributed by atoms with Gasteiger partial charge in [-0.3, -0.25) is 9.50 Å². The van der Waals surface area contributed by atoms with Crippen molar-refractivity contribution in [3.8, 4) is 0 Å². The number of anilines is 1. The molecule has 4 rings (SSSR count). The highest BCUT2D eigenvalue weighted by molar-refractivity contribution is 7.89. The van der Waals surface area contributed by atoms with Crippen LogP contribution in [0.3, 0.4) is 0 Å². The molecule has 0 aromatic carbocycles. The van der Waals surface area contributed by atoms with E-state index in [9.17, 15) is 8.42 Å². The van der Waals surface area contributed by atoms with Crippen LogP contribution in [0.4, 0.5) is 5.69 Å². The van der Waals surface area contributed by atoms with E-state index in [1.807, 2.05) is 5.38 Å². The van der Waals surface area contributed by atoms with Crippen LogP contribution in [-0.2, 0) is 10.0 Å². The Morgan fingerprint density at radius 3 is 3.00 bits per heavy atom. The number of H-pyrrole nitrogens is 1. The quantitative estimate of drug-likeness (QED) is 0.744. The summed E-state index contributed by atoms with van der Waals surface area (Å²) in [5, 5.41) is 8.80. The lowest BCUT2D eigenvalue weighted by atomic mass is 10.0. The first-order chi connectivity index (χ1) is 11.1. The van der Waals surface area contributed by atoms with Crippen LogP contribution in [0.2, 0.25) is 0 Å². The molecule has 1 saturated heterocycles. The zero-order chi connectivity index (χ0) is 16.0. The third kappa shape index (κ3) is 2.25. The molecular formula is C13H16N6O2S2. The molecule has 10 heteroatoms. The molecule has 0 spiro atoms. The predicted molar refractivity (Wildman–Crippen MR) is 86.6 cm³/mol. The third-order valence-corrected chi connectivity index (χ3v) is 6.83. The smallest absolute Gasteiger partial charge is 0.261 e. The van der Waals surface area contributed by atoms with Gasteiger partial charge in [-0.25, -0.2) is 13.4 Å². The van der Waals surface area contributed by atoms with Gasteiger partial charge in [-0.05, 0) is 12.8 Å². The number of nitrogens with two attached hydrogens (primary N) is 1. The lowest BCUT2D eigenvalue weighted by Gasteiger charge is -2.33. The number of nitrogen functional groups attached to an aromatic ring is 1. The van der Waals surface area contributed by atoms with Crippen molar-refractivity contribution in [2.24, 2.45) is 0 Å². The van der Waals surface area contributed by atoms with Crippen LogP contribution in [0.1, 0.15) is 31.0 Å². The Kier molecular flexibility index (Phi) is 3.39. The van der Waals surface area contributed by atoms with Gasteiger partial charge in [0.2, 0.25) is 0 Å². The minimum Gasteiger partial charge on any atom is -0.396 e. The summed E-state index contributed by atoms with van der Waals surface area (Å²) in [6, 6.07) is -0.319. The maximum Gasteiger partial charge on any atom is 0.261 e. The number of sulfonamides is 1. The highest BCUT2D eigenvalue weighted by atomic mass is 32.2. The Morgan fingerprint density at radius 1 is 1.35 bits per heavy atom. The standard InChI is InChI=1S/C13H16N6O2S2/c14-9-7-16-17-12(9)10-3-1-2-4-19(10)23(20,21)11-8-15-13-18(11)5-6-22-13/h5-8,10H,1-4,14H2,(H,16,17). The largest absolute Gasteiger partial charge is 0.396 e. The summed E-state index contributed by atoms with van der Waals surface area (Å²) in [6.07, 6.45) is 7.17. The Hall–Kier alpha value is -1.91. The van der Waals surface area contributed by atoms with E-state index in [0.29, 0.717) is 22.9 Å². The van der Waals surface area contributed by atoms with Crippen LogP contribution >= 0.6 is 11.3 Å². The van der Waals surface area contributed by atoms with Crippen LogP contribution in [-0.4, -0.2) is 38.8 Å².